The van der Waals surface area contributed by atoms with Crippen molar-refractivity contribution >= 4 is 0 Å². The first kappa shape index (κ1) is 9.33. The fraction of sp³-hybridized carbons (Fsp3) is 1.00. The summed E-state index contributed by atoms with van der Waals surface area (Å²) in [4.78, 5) is 0. The van der Waals surface area contributed by atoms with Gasteiger partial charge in [0, 0.05) is 0 Å². The van der Waals surface area contributed by atoms with E-state index in [1.165, 1.54) is 0 Å². The number of aliphatic hydroxyl groups excluding tert-OH is 1. The van der Waals surface area contributed by atoms with Gasteiger partial charge in [0.15, 0.2) is 18.2 Å². The summed E-state index contributed by atoms with van der Waals surface area (Å²) in [6.07, 6.45) is -3.50. The molecule has 2 fully saturated rings. The summed E-state index contributed by atoms with van der Waals surface area (Å²) < 4.78 is 29.1. The molecule has 0 aromatic carbocycles. The zero-order valence-electron chi connectivity index (χ0n) is 7.57. The lowest BCUT2D eigenvalue weighted by molar-refractivity contribution is -0.214. The van der Waals surface area contributed by atoms with E-state index in [2.05, 4.69) is 0 Å². The summed E-state index contributed by atoms with van der Waals surface area (Å²) in [6, 6.07) is 0. The molecule has 1 N–H and O–H groups in total. The fourth-order valence-corrected chi connectivity index (χ4v) is 1.68. The maximum atomic E-state index is 13.4. The Kier molecular flexibility index (Phi) is 2.07. The van der Waals surface area contributed by atoms with E-state index in [1.54, 1.807) is 13.8 Å². The summed E-state index contributed by atoms with van der Waals surface area (Å²) in [5, 5.41) is 8.75. The second kappa shape index (κ2) is 2.88. The molecule has 2 saturated heterocycles. The second-order valence-corrected chi connectivity index (χ2v) is 3.77. The van der Waals surface area contributed by atoms with Gasteiger partial charge in [-0.3, -0.25) is 0 Å². The summed E-state index contributed by atoms with van der Waals surface area (Å²) in [5.41, 5.74) is 0. The van der Waals surface area contributed by atoms with Gasteiger partial charge in [-0.15, -0.1) is 0 Å². The van der Waals surface area contributed by atoms with Crippen molar-refractivity contribution in [1.82, 2.24) is 0 Å². The minimum Gasteiger partial charge on any atom is -0.394 e. The average Bonchev–Trinajstić information content (AvgIpc) is 2.47. The number of alkyl halides is 1. The van der Waals surface area contributed by atoms with Gasteiger partial charge in [-0.05, 0) is 13.8 Å². The topological polar surface area (TPSA) is 47.9 Å². The van der Waals surface area contributed by atoms with Crippen LogP contribution in [0.25, 0.3) is 0 Å². The first-order chi connectivity index (χ1) is 6.03. The predicted molar refractivity (Wildman–Crippen MR) is 40.7 cm³/mol. The molecule has 0 bridgehead atoms. The van der Waals surface area contributed by atoms with E-state index in [9.17, 15) is 4.39 Å². The summed E-state index contributed by atoms with van der Waals surface area (Å²) in [6.45, 7) is 3.06. The van der Waals surface area contributed by atoms with Gasteiger partial charge in [-0.1, -0.05) is 0 Å². The lowest BCUT2D eigenvalue weighted by Gasteiger charge is -2.20. The molecule has 4 nitrogen and oxygen atoms in total. The Labute approximate surface area is 75.6 Å². The van der Waals surface area contributed by atoms with E-state index >= 15 is 0 Å². The van der Waals surface area contributed by atoms with E-state index in [0.717, 1.165) is 0 Å². The van der Waals surface area contributed by atoms with Crippen LogP contribution in [-0.4, -0.2) is 42.2 Å². The standard InChI is InChI=1S/C8H13FO4/c1-8(2)12-6-5(9)4(3-10)11-7(6)13-8/h4-7,10H,3H2,1-2H3/t4-,5+,6?,7-/m1/s1. The first-order valence-corrected chi connectivity index (χ1v) is 4.29. The van der Waals surface area contributed by atoms with E-state index in [1.807, 2.05) is 0 Å². The monoisotopic (exact) mass is 192 g/mol. The maximum Gasteiger partial charge on any atom is 0.190 e. The molecule has 13 heavy (non-hydrogen) atoms. The predicted octanol–water partition coefficient (Wildman–Crippen LogP) is 0.193. The minimum absolute atomic E-state index is 0.346. The quantitative estimate of drug-likeness (QED) is 0.644. The molecule has 0 radical (unpaired) electrons. The highest BCUT2D eigenvalue weighted by molar-refractivity contribution is 4.92. The summed E-state index contributed by atoms with van der Waals surface area (Å²) >= 11 is 0. The number of aliphatic hydroxyl groups is 1. The smallest absolute Gasteiger partial charge is 0.190 e. The maximum absolute atomic E-state index is 13.4. The van der Waals surface area contributed by atoms with E-state index in [-0.39, 0.29) is 6.61 Å². The number of hydrogen-bond acceptors (Lipinski definition) is 4. The largest absolute Gasteiger partial charge is 0.394 e. The van der Waals surface area contributed by atoms with Crippen molar-refractivity contribution in [2.75, 3.05) is 6.61 Å². The Morgan fingerprint density at radius 2 is 2.08 bits per heavy atom. The zero-order valence-corrected chi connectivity index (χ0v) is 7.57. The lowest BCUT2D eigenvalue weighted by atomic mass is 10.2. The Hall–Kier alpha value is -0.230. The molecule has 2 aliphatic heterocycles. The van der Waals surface area contributed by atoms with Crippen molar-refractivity contribution in [3.05, 3.63) is 0 Å². The molecule has 0 amide bonds. The number of rotatable bonds is 1. The summed E-state index contributed by atoms with van der Waals surface area (Å²) in [5.74, 6) is -0.792. The molecule has 0 aromatic heterocycles. The number of fused-ring (bicyclic) bond motifs is 1. The first-order valence-electron chi connectivity index (χ1n) is 4.29. The molecule has 5 heteroatoms. The van der Waals surface area contributed by atoms with Crippen molar-refractivity contribution in [3.8, 4) is 0 Å². The Morgan fingerprint density at radius 1 is 1.38 bits per heavy atom. The van der Waals surface area contributed by atoms with E-state index in [4.69, 9.17) is 19.3 Å². The van der Waals surface area contributed by atoms with Gasteiger partial charge < -0.3 is 19.3 Å². The van der Waals surface area contributed by atoms with E-state index in [0.29, 0.717) is 0 Å². The molecule has 4 atom stereocenters. The van der Waals surface area contributed by atoms with Crippen LogP contribution in [0.2, 0.25) is 0 Å². The van der Waals surface area contributed by atoms with Gasteiger partial charge in [0.2, 0.25) is 0 Å². The van der Waals surface area contributed by atoms with Gasteiger partial charge in [0.1, 0.15) is 12.2 Å². The van der Waals surface area contributed by atoms with Crippen LogP contribution in [0.15, 0.2) is 0 Å². The van der Waals surface area contributed by atoms with Crippen LogP contribution in [0, 0.1) is 0 Å². The van der Waals surface area contributed by atoms with Gasteiger partial charge in [-0.25, -0.2) is 4.39 Å². The van der Waals surface area contributed by atoms with Crippen LogP contribution < -0.4 is 0 Å². The highest BCUT2D eigenvalue weighted by Crippen LogP contribution is 2.38. The zero-order chi connectivity index (χ0) is 9.64. The van der Waals surface area contributed by atoms with Gasteiger partial charge >= 0.3 is 0 Å². The van der Waals surface area contributed by atoms with Crippen molar-refractivity contribution in [3.63, 3.8) is 0 Å². The number of halogens is 1. The molecular formula is C8H13FO4. The average molecular weight is 192 g/mol. The lowest BCUT2D eigenvalue weighted by Crippen LogP contribution is -2.33. The third-order valence-electron chi connectivity index (χ3n) is 2.25. The molecule has 0 aliphatic carbocycles. The molecule has 2 heterocycles. The minimum atomic E-state index is -1.31. The van der Waals surface area contributed by atoms with Crippen molar-refractivity contribution in [2.24, 2.45) is 0 Å². The summed E-state index contributed by atoms with van der Waals surface area (Å²) in [7, 11) is 0. The molecule has 76 valence electrons. The van der Waals surface area contributed by atoms with Gasteiger partial charge in [0.05, 0.1) is 6.61 Å². The number of ether oxygens (including phenoxy) is 3. The van der Waals surface area contributed by atoms with Crippen LogP contribution in [-0.2, 0) is 14.2 Å². The Bertz CT molecular complexity index is 208. The fourth-order valence-electron chi connectivity index (χ4n) is 1.68. The molecule has 0 saturated carbocycles. The third kappa shape index (κ3) is 1.46. The molecular weight excluding hydrogens is 179 g/mol. The van der Waals surface area contributed by atoms with Crippen molar-refractivity contribution in [1.29, 1.82) is 0 Å². The van der Waals surface area contributed by atoms with Crippen LogP contribution in [0.4, 0.5) is 4.39 Å². The van der Waals surface area contributed by atoms with Crippen LogP contribution in [0.5, 0.6) is 0 Å². The highest BCUT2D eigenvalue weighted by atomic mass is 19.1. The van der Waals surface area contributed by atoms with E-state index < -0.39 is 30.5 Å². The SMILES string of the molecule is CC1(C)OC2[C@H](O[C@H](CO)[C@@H]2F)O1. The molecule has 0 aromatic rings. The van der Waals surface area contributed by atoms with Gasteiger partial charge in [-0.2, -0.15) is 0 Å². The molecule has 0 spiro atoms. The van der Waals surface area contributed by atoms with Crippen molar-refractivity contribution < 1.29 is 23.7 Å². The normalized spacial score (nSPS) is 48.0. The Balaban J connectivity index is 2.07. The van der Waals surface area contributed by atoms with Crippen molar-refractivity contribution in [2.45, 2.75) is 44.3 Å². The molecule has 2 rings (SSSR count). The third-order valence-corrected chi connectivity index (χ3v) is 2.25. The highest BCUT2D eigenvalue weighted by Gasteiger charge is 2.54. The molecule has 1 unspecified atom stereocenters. The van der Waals surface area contributed by atoms with Crippen LogP contribution in [0.3, 0.4) is 0 Å². The van der Waals surface area contributed by atoms with Crippen LogP contribution in [0.1, 0.15) is 13.8 Å². The molecule has 2 aliphatic rings. The Morgan fingerprint density at radius 3 is 2.62 bits per heavy atom. The van der Waals surface area contributed by atoms with Gasteiger partial charge in [0.25, 0.3) is 0 Å². The van der Waals surface area contributed by atoms with Crippen LogP contribution >= 0.6 is 0 Å². The number of hydrogen-bond donors (Lipinski definition) is 1. The second-order valence-electron chi connectivity index (χ2n) is 3.77.